The zero-order valence-corrected chi connectivity index (χ0v) is 33.9. The fourth-order valence-electron chi connectivity index (χ4n) is 4.44. The Hall–Kier alpha value is -3.14. The molecule has 18 heteroatoms. The Morgan fingerprint density at radius 1 is 0.717 bits per heavy atom. The van der Waals surface area contributed by atoms with Crippen molar-refractivity contribution in [3.05, 3.63) is 53.6 Å². The number of allylic oxidation sites excluding steroid dienone is 1. The Morgan fingerprint density at radius 3 is 1.68 bits per heavy atom. The van der Waals surface area contributed by atoms with Gasteiger partial charge in [0.25, 0.3) is 11.8 Å². The Morgan fingerprint density at radius 2 is 1.21 bits per heavy atom. The molecule has 12 nitrogen and oxygen atoms in total. The number of amides is 2. The molecule has 0 saturated carbocycles. The summed E-state index contributed by atoms with van der Waals surface area (Å²) >= 11 is 25.4. The van der Waals surface area contributed by atoms with E-state index in [1.165, 1.54) is 62.0 Å². The van der Waals surface area contributed by atoms with Crippen molar-refractivity contribution in [2.24, 2.45) is 0 Å². The molecule has 0 aromatic heterocycles. The van der Waals surface area contributed by atoms with E-state index in [0.29, 0.717) is 22.6 Å². The fourth-order valence-corrected chi connectivity index (χ4v) is 5.63. The minimum Gasteiger partial charge on any atom is -0.493 e. The smallest absolute Gasteiger partial charge is 0.334 e. The number of hydrogen-bond acceptors (Lipinski definition) is 12. The van der Waals surface area contributed by atoms with E-state index < -0.39 is 51.3 Å². The van der Waals surface area contributed by atoms with E-state index in [9.17, 15) is 28.8 Å². The summed E-state index contributed by atoms with van der Waals surface area (Å²) in [6.45, 7) is 0. The number of rotatable bonds is 23. The third-order valence-electron chi connectivity index (χ3n) is 7.18. The SMILES string of the molecule is COc1cc(/C=C/C(=O)CC(=O)CCc2ccc(OC(=O)C(CCSC)NC(=O)C(Cl)Cl)c(OC)c2)ccc1OC(=O)C(CCSC)NC(=O)C(Cl)Cl. The number of hydrogen-bond donors (Lipinski definition) is 2. The van der Waals surface area contributed by atoms with Crippen LogP contribution in [0.1, 0.15) is 36.8 Å². The molecule has 2 unspecified atom stereocenters. The third kappa shape index (κ3) is 16.4. The zero-order valence-electron chi connectivity index (χ0n) is 29.3. The number of carbonyl (C=O) groups is 6. The van der Waals surface area contributed by atoms with E-state index >= 15 is 0 Å². The van der Waals surface area contributed by atoms with Crippen LogP contribution in [-0.4, -0.2) is 95.3 Å². The average molecular weight is 855 g/mol. The summed E-state index contributed by atoms with van der Waals surface area (Å²) in [5, 5.41) is 4.94. The van der Waals surface area contributed by atoms with Gasteiger partial charge >= 0.3 is 11.9 Å². The molecule has 2 aromatic carbocycles. The average Bonchev–Trinajstić information content (AvgIpc) is 3.13. The molecule has 0 saturated heterocycles. The van der Waals surface area contributed by atoms with E-state index in [-0.39, 0.29) is 60.9 Å². The highest BCUT2D eigenvalue weighted by molar-refractivity contribution is 7.98. The summed E-state index contributed by atoms with van der Waals surface area (Å²) in [7, 11) is 2.77. The van der Waals surface area contributed by atoms with Crippen molar-refractivity contribution in [1.82, 2.24) is 10.6 Å². The quantitative estimate of drug-likeness (QED) is 0.0457. The number of carbonyl (C=O) groups excluding carboxylic acids is 6. The van der Waals surface area contributed by atoms with Crippen LogP contribution >= 0.6 is 69.9 Å². The number of benzene rings is 2. The summed E-state index contributed by atoms with van der Waals surface area (Å²) in [4.78, 5) is 72.2. The molecule has 0 aliphatic carbocycles. The van der Waals surface area contributed by atoms with Gasteiger partial charge in [-0.15, -0.1) is 0 Å². The minimum atomic E-state index is -1.35. The van der Waals surface area contributed by atoms with Crippen LogP contribution in [0.15, 0.2) is 42.5 Å². The number of Topliss-reactive ketones (excluding diaryl/α,β-unsaturated/α-hetero) is 1. The molecule has 0 aliphatic rings. The van der Waals surface area contributed by atoms with Crippen LogP contribution in [0.5, 0.6) is 23.0 Å². The summed E-state index contributed by atoms with van der Waals surface area (Å²) in [5.74, 6) is -1.87. The highest BCUT2D eigenvalue weighted by Crippen LogP contribution is 2.30. The van der Waals surface area contributed by atoms with Crippen LogP contribution in [0, 0.1) is 0 Å². The van der Waals surface area contributed by atoms with Gasteiger partial charge in [0.2, 0.25) is 0 Å². The first-order valence-corrected chi connectivity index (χ1v) is 20.4. The number of ketones is 2. The van der Waals surface area contributed by atoms with Crippen LogP contribution in [0.2, 0.25) is 0 Å². The first kappa shape index (κ1) is 46.0. The van der Waals surface area contributed by atoms with Gasteiger partial charge in [-0.3, -0.25) is 19.2 Å². The molecule has 2 atom stereocenters. The number of thioether (sulfide) groups is 2. The fraction of sp³-hybridized carbons (Fsp3) is 0.429. The number of methoxy groups -OCH3 is 2. The van der Waals surface area contributed by atoms with Crippen LogP contribution in [0.25, 0.3) is 6.08 Å². The van der Waals surface area contributed by atoms with Gasteiger partial charge in [0.05, 0.1) is 20.6 Å². The molecule has 2 amide bonds. The van der Waals surface area contributed by atoms with Crippen molar-refractivity contribution in [1.29, 1.82) is 0 Å². The van der Waals surface area contributed by atoms with Crippen molar-refractivity contribution in [2.75, 3.05) is 38.2 Å². The second kappa shape index (κ2) is 24.3. The van der Waals surface area contributed by atoms with Crippen LogP contribution in [-0.2, 0) is 35.2 Å². The topological polar surface area (TPSA) is 163 Å². The van der Waals surface area contributed by atoms with Gasteiger partial charge in [-0.05, 0) is 84.7 Å². The van der Waals surface area contributed by atoms with Gasteiger partial charge in [-0.25, -0.2) is 9.59 Å². The molecular formula is C35H40Cl4N2O10S2. The summed E-state index contributed by atoms with van der Waals surface area (Å²) < 4.78 is 21.7. The van der Waals surface area contributed by atoms with E-state index in [1.807, 2.05) is 12.5 Å². The lowest BCUT2D eigenvalue weighted by molar-refractivity contribution is -0.139. The van der Waals surface area contributed by atoms with Crippen molar-refractivity contribution >= 4 is 111 Å². The molecule has 2 N–H and O–H groups in total. The molecule has 0 spiro atoms. The second-order valence-electron chi connectivity index (χ2n) is 11.0. The predicted octanol–water partition coefficient (Wildman–Crippen LogP) is 5.77. The predicted molar refractivity (Wildman–Crippen MR) is 210 cm³/mol. The van der Waals surface area contributed by atoms with Gasteiger partial charge in [0.1, 0.15) is 17.9 Å². The number of ether oxygens (including phenoxy) is 4. The monoisotopic (exact) mass is 852 g/mol. The lowest BCUT2D eigenvalue weighted by atomic mass is 10.0. The summed E-state index contributed by atoms with van der Waals surface area (Å²) in [6, 6.07) is 7.42. The molecule has 0 bridgehead atoms. The highest BCUT2D eigenvalue weighted by atomic mass is 35.5. The first-order chi connectivity index (χ1) is 25.2. The van der Waals surface area contributed by atoms with Crippen LogP contribution < -0.4 is 29.6 Å². The Labute approximate surface area is 336 Å². The van der Waals surface area contributed by atoms with Crippen molar-refractivity contribution < 1.29 is 47.7 Å². The molecule has 53 heavy (non-hydrogen) atoms. The van der Waals surface area contributed by atoms with Crippen molar-refractivity contribution in [2.45, 2.75) is 53.9 Å². The Kier molecular flexibility index (Phi) is 21.1. The van der Waals surface area contributed by atoms with E-state index in [1.54, 1.807) is 24.3 Å². The largest absolute Gasteiger partial charge is 0.493 e. The standard InChI is InChI=1S/C35H40Cl4N2O10S2/c1-48-28-17-20(7-11-26(28)50-34(46)24(13-15-52-3)40-32(44)30(36)37)5-9-22(42)19-23(43)10-6-21-8-12-27(29(18-21)49-2)51-35(47)25(14-16-53-4)41-33(45)31(38)39/h5,7-9,11-12,17-18,24-25,30-31H,6,10,13-16,19H2,1-4H3,(H,40,44)(H,41,45)/b9-5+. The molecule has 0 fully saturated rings. The lowest BCUT2D eigenvalue weighted by Crippen LogP contribution is -2.45. The van der Waals surface area contributed by atoms with Crippen molar-refractivity contribution in [3.8, 4) is 23.0 Å². The molecule has 0 aliphatic heterocycles. The molecule has 290 valence electrons. The molecule has 0 radical (unpaired) electrons. The maximum Gasteiger partial charge on any atom is 0.334 e. The van der Waals surface area contributed by atoms with Crippen LogP contribution in [0.3, 0.4) is 0 Å². The van der Waals surface area contributed by atoms with Gasteiger partial charge in [0, 0.05) is 6.42 Å². The molecule has 0 heterocycles. The molecule has 2 rings (SSSR count). The third-order valence-corrected chi connectivity index (χ3v) is 9.26. The number of halogens is 4. The number of aryl methyl sites for hydroxylation is 1. The second-order valence-corrected chi connectivity index (χ2v) is 15.2. The number of nitrogens with one attached hydrogen (secondary N) is 2. The number of esters is 2. The first-order valence-electron chi connectivity index (χ1n) is 15.9. The highest BCUT2D eigenvalue weighted by Gasteiger charge is 2.27. The summed E-state index contributed by atoms with van der Waals surface area (Å²) in [5.41, 5.74) is 1.24. The van der Waals surface area contributed by atoms with Gasteiger partial charge in [0.15, 0.2) is 38.5 Å². The zero-order chi connectivity index (χ0) is 39.5. The van der Waals surface area contributed by atoms with Gasteiger partial charge in [-0.2, -0.15) is 23.5 Å². The normalized spacial score (nSPS) is 12.3. The van der Waals surface area contributed by atoms with E-state index in [0.717, 1.165) is 0 Å². The maximum atomic E-state index is 12.9. The van der Waals surface area contributed by atoms with Gasteiger partial charge in [-0.1, -0.05) is 64.6 Å². The minimum absolute atomic E-state index is 0.0609. The van der Waals surface area contributed by atoms with Gasteiger partial charge < -0.3 is 29.6 Å². The summed E-state index contributed by atoms with van der Waals surface area (Å²) in [6.07, 6.45) is 7.05. The Balaban J connectivity index is 1.99. The number of alkyl halides is 4. The molecule has 2 aromatic rings. The van der Waals surface area contributed by atoms with Crippen LogP contribution in [0.4, 0.5) is 0 Å². The van der Waals surface area contributed by atoms with Crippen molar-refractivity contribution in [3.63, 3.8) is 0 Å². The maximum absolute atomic E-state index is 12.9. The van der Waals surface area contributed by atoms with E-state index in [2.05, 4.69) is 10.6 Å². The Bertz CT molecular complexity index is 1630. The van der Waals surface area contributed by atoms with E-state index in [4.69, 9.17) is 65.4 Å². The molecular weight excluding hydrogens is 814 g/mol. The lowest BCUT2D eigenvalue weighted by Gasteiger charge is -2.18.